The van der Waals surface area contributed by atoms with E-state index >= 15 is 0 Å². The highest BCUT2D eigenvalue weighted by Gasteiger charge is 2.33. The number of fused-ring (bicyclic) bond motifs is 3. The van der Waals surface area contributed by atoms with E-state index in [0.29, 0.717) is 19.5 Å². The average molecular weight is 446 g/mol. The molecular formula is C26H27N3O4. The minimum atomic E-state index is -0.973. The van der Waals surface area contributed by atoms with E-state index in [9.17, 15) is 14.7 Å². The van der Waals surface area contributed by atoms with Gasteiger partial charge in [0.1, 0.15) is 0 Å². The summed E-state index contributed by atoms with van der Waals surface area (Å²) >= 11 is 0. The molecule has 7 nitrogen and oxygen atoms in total. The molecule has 2 unspecified atom stereocenters. The first kappa shape index (κ1) is 21.4. The number of aromatic nitrogens is 2. The smallest absolute Gasteiger partial charge is 0.335 e. The van der Waals surface area contributed by atoms with Gasteiger partial charge in [0.15, 0.2) is 0 Å². The third kappa shape index (κ3) is 4.16. The minimum Gasteiger partial charge on any atom is -0.478 e. The Hall–Kier alpha value is -3.45. The van der Waals surface area contributed by atoms with Crippen molar-refractivity contribution in [3.8, 4) is 11.3 Å². The number of aliphatic hydroxyl groups excluding tert-OH is 1. The molecule has 2 atom stereocenters. The van der Waals surface area contributed by atoms with Crippen molar-refractivity contribution >= 4 is 11.9 Å². The molecule has 5 rings (SSSR count). The van der Waals surface area contributed by atoms with Gasteiger partial charge in [-0.05, 0) is 48.4 Å². The van der Waals surface area contributed by atoms with Crippen molar-refractivity contribution in [1.29, 1.82) is 0 Å². The predicted molar refractivity (Wildman–Crippen MR) is 123 cm³/mol. The summed E-state index contributed by atoms with van der Waals surface area (Å²) in [7, 11) is 0. The second kappa shape index (κ2) is 8.83. The Morgan fingerprint density at radius 3 is 2.52 bits per heavy atom. The summed E-state index contributed by atoms with van der Waals surface area (Å²) in [5.74, 6) is -0.777. The second-order valence-corrected chi connectivity index (χ2v) is 8.99. The van der Waals surface area contributed by atoms with Gasteiger partial charge < -0.3 is 19.7 Å². The number of aromatic carboxylic acids is 1. The van der Waals surface area contributed by atoms with E-state index < -0.39 is 12.1 Å². The molecule has 2 aromatic carbocycles. The fraction of sp³-hybridized carbons (Fsp3) is 0.346. The molecule has 2 aliphatic rings. The summed E-state index contributed by atoms with van der Waals surface area (Å²) in [6, 6.07) is 14.8. The van der Waals surface area contributed by atoms with Crippen LogP contribution in [-0.4, -0.2) is 55.7 Å². The summed E-state index contributed by atoms with van der Waals surface area (Å²) in [4.78, 5) is 29.9. The first-order valence-corrected chi connectivity index (χ1v) is 11.4. The quantitative estimate of drug-likeness (QED) is 0.607. The maximum absolute atomic E-state index is 12.7. The molecule has 0 radical (unpaired) electrons. The third-order valence-electron chi connectivity index (χ3n) is 7.06. The number of carbonyl (C=O) groups excluding carboxylic acids is 1. The van der Waals surface area contributed by atoms with Crippen molar-refractivity contribution in [3.05, 3.63) is 77.7 Å². The largest absolute Gasteiger partial charge is 0.478 e. The highest BCUT2D eigenvalue weighted by atomic mass is 16.4. The van der Waals surface area contributed by atoms with Gasteiger partial charge in [-0.3, -0.25) is 4.79 Å². The summed E-state index contributed by atoms with van der Waals surface area (Å²) < 4.78 is 2.15. The van der Waals surface area contributed by atoms with Crippen molar-refractivity contribution in [2.45, 2.75) is 37.8 Å². The number of imidazole rings is 1. The van der Waals surface area contributed by atoms with E-state index in [1.807, 2.05) is 29.6 Å². The zero-order valence-corrected chi connectivity index (χ0v) is 18.3. The SMILES string of the molecule is O=C(O)c1ccc(CC(=O)N2CCC(C(O)CC3c4ccccc4-c4cncn43)CC2)cc1. The van der Waals surface area contributed by atoms with Crippen molar-refractivity contribution in [1.82, 2.24) is 14.5 Å². The van der Waals surface area contributed by atoms with Gasteiger partial charge in [-0.25, -0.2) is 9.78 Å². The van der Waals surface area contributed by atoms with Crippen molar-refractivity contribution in [3.63, 3.8) is 0 Å². The van der Waals surface area contributed by atoms with E-state index in [4.69, 9.17) is 5.11 Å². The van der Waals surface area contributed by atoms with Gasteiger partial charge in [0.25, 0.3) is 0 Å². The topological polar surface area (TPSA) is 95.7 Å². The molecule has 2 aliphatic heterocycles. The van der Waals surface area contributed by atoms with Gasteiger partial charge in [0.2, 0.25) is 5.91 Å². The number of amides is 1. The van der Waals surface area contributed by atoms with Gasteiger partial charge in [0, 0.05) is 18.7 Å². The molecule has 170 valence electrons. The first-order valence-electron chi connectivity index (χ1n) is 11.4. The highest BCUT2D eigenvalue weighted by Crippen LogP contribution is 2.42. The maximum atomic E-state index is 12.7. The monoisotopic (exact) mass is 445 g/mol. The van der Waals surface area contributed by atoms with Crippen LogP contribution in [0.2, 0.25) is 0 Å². The summed E-state index contributed by atoms with van der Waals surface area (Å²) in [5, 5.41) is 20.1. The fourth-order valence-electron chi connectivity index (χ4n) is 5.18. The number of carboxylic acids is 1. The minimum absolute atomic E-state index is 0.0405. The molecule has 7 heteroatoms. The van der Waals surface area contributed by atoms with E-state index in [1.165, 1.54) is 23.3 Å². The fourth-order valence-corrected chi connectivity index (χ4v) is 5.18. The number of aliphatic hydroxyl groups is 1. The molecule has 2 N–H and O–H groups in total. The number of hydrogen-bond acceptors (Lipinski definition) is 4. The zero-order valence-electron chi connectivity index (χ0n) is 18.3. The molecule has 1 aromatic heterocycles. The Morgan fingerprint density at radius 2 is 1.79 bits per heavy atom. The number of rotatable bonds is 6. The normalized spacial score (nSPS) is 18.6. The lowest BCUT2D eigenvalue weighted by atomic mass is 9.86. The zero-order chi connectivity index (χ0) is 22.9. The number of nitrogens with zero attached hydrogens (tertiary/aromatic N) is 3. The summed E-state index contributed by atoms with van der Waals surface area (Å²) in [6.45, 7) is 1.26. The van der Waals surface area contributed by atoms with Gasteiger partial charge in [-0.2, -0.15) is 0 Å². The van der Waals surface area contributed by atoms with Crippen molar-refractivity contribution < 1.29 is 19.8 Å². The standard InChI is InChI=1S/C26H27N3O4/c30-24(14-22-20-3-1-2-4-21(20)23-15-27-16-29(22)23)18-9-11-28(12-10-18)25(31)13-17-5-7-19(8-6-17)26(32)33/h1-8,15-16,18,22,24,30H,9-14H2,(H,32,33). The third-order valence-corrected chi connectivity index (χ3v) is 7.06. The van der Waals surface area contributed by atoms with Crippen LogP contribution in [0.1, 0.15) is 46.8 Å². The summed E-state index contributed by atoms with van der Waals surface area (Å²) in [5.41, 5.74) is 4.54. The Kier molecular flexibility index (Phi) is 5.72. The second-order valence-electron chi connectivity index (χ2n) is 8.99. The first-order chi connectivity index (χ1) is 16.0. The Bertz CT molecular complexity index is 1160. The molecule has 0 spiro atoms. The van der Waals surface area contributed by atoms with E-state index in [1.54, 1.807) is 12.1 Å². The average Bonchev–Trinajstić information content (AvgIpc) is 3.42. The van der Waals surface area contributed by atoms with Crippen LogP contribution in [0.4, 0.5) is 0 Å². The van der Waals surface area contributed by atoms with Gasteiger partial charge in [0.05, 0.1) is 42.3 Å². The number of carbonyl (C=O) groups is 2. The highest BCUT2D eigenvalue weighted by molar-refractivity contribution is 5.87. The van der Waals surface area contributed by atoms with Crippen LogP contribution in [0.3, 0.4) is 0 Å². The van der Waals surface area contributed by atoms with Crippen LogP contribution < -0.4 is 0 Å². The molecule has 1 fully saturated rings. The Morgan fingerprint density at radius 1 is 1.06 bits per heavy atom. The predicted octanol–water partition coefficient (Wildman–Crippen LogP) is 3.38. The van der Waals surface area contributed by atoms with Crippen molar-refractivity contribution in [2.75, 3.05) is 13.1 Å². The van der Waals surface area contributed by atoms with Crippen LogP contribution in [-0.2, 0) is 11.2 Å². The van der Waals surface area contributed by atoms with Crippen LogP contribution >= 0.6 is 0 Å². The van der Waals surface area contributed by atoms with E-state index in [-0.39, 0.29) is 29.9 Å². The number of piperidine rings is 1. The van der Waals surface area contributed by atoms with Crippen LogP contribution in [0.25, 0.3) is 11.3 Å². The number of hydrogen-bond donors (Lipinski definition) is 2. The molecule has 3 heterocycles. The molecule has 0 saturated carbocycles. The number of likely N-dealkylation sites (tertiary alicyclic amines) is 1. The number of carboxylic acid groups (broad SMARTS) is 1. The Labute approximate surface area is 192 Å². The van der Waals surface area contributed by atoms with Crippen LogP contribution in [0.15, 0.2) is 61.1 Å². The number of benzene rings is 2. The summed E-state index contributed by atoms with van der Waals surface area (Å²) in [6.07, 6.45) is 5.72. The Balaban J connectivity index is 1.17. The van der Waals surface area contributed by atoms with E-state index in [2.05, 4.69) is 21.7 Å². The van der Waals surface area contributed by atoms with E-state index in [0.717, 1.165) is 24.1 Å². The molecule has 0 aliphatic carbocycles. The lowest BCUT2D eigenvalue weighted by Gasteiger charge is -2.35. The molecule has 1 amide bonds. The lowest BCUT2D eigenvalue weighted by molar-refractivity contribution is -0.132. The molecule has 3 aromatic rings. The maximum Gasteiger partial charge on any atom is 0.335 e. The van der Waals surface area contributed by atoms with Gasteiger partial charge in [-0.1, -0.05) is 36.4 Å². The molecule has 1 saturated heterocycles. The van der Waals surface area contributed by atoms with Crippen LogP contribution in [0.5, 0.6) is 0 Å². The molecular weight excluding hydrogens is 418 g/mol. The van der Waals surface area contributed by atoms with Gasteiger partial charge in [-0.15, -0.1) is 0 Å². The molecule has 0 bridgehead atoms. The van der Waals surface area contributed by atoms with Gasteiger partial charge >= 0.3 is 5.97 Å². The molecule has 33 heavy (non-hydrogen) atoms. The van der Waals surface area contributed by atoms with Crippen LogP contribution in [0, 0.1) is 5.92 Å². The lowest BCUT2D eigenvalue weighted by Crippen LogP contribution is -2.42. The van der Waals surface area contributed by atoms with Crippen molar-refractivity contribution in [2.24, 2.45) is 5.92 Å².